The highest BCUT2D eigenvalue weighted by atomic mass is 16.1. The number of hydrogen-bond donors (Lipinski definition) is 2. The lowest BCUT2D eigenvalue weighted by molar-refractivity contribution is 0.0950. The highest BCUT2D eigenvalue weighted by Crippen LogP contribution is 2.19. The molecule has 0 radical (unpaired) electrons. The second-order valence-corrected chi connectivity index (χ2v) is 8.47. The van der Waals surface area contributed by atoms with Crippen LogP contribution in [0.25, 0.3) is 11.4 Å². The van der Waals surface area contributed by atoms with Crippen molar-refractivity contribution in [2.45, 2.75) is 26.2 Å². The van der Waals surface area contributed by atoms with Crippen LogP contribution in [0.5, 0.6) is 0 Å². The summed E-state index contributed by atoms with van der Waals surface area (Å²) in [7, 11) is 0. The first kappa shape index (κ1) is 22.0. The normalized spacial score (nSPS) is 14.8. The maximum atomic E-state index is 12.4. The molecule has 166 valence electrons. The molecule has 2 heterocycles. The van der Waals surface area contributed by atoms with Crippen LogP contribution in [0.1, 0.15) is 36.5 Å². The Morgan fingerprint density at radius 1 is 1.03 bits per heavy atom. The van der Waals surface area contributed by atoms with Gasteiger partial charge in [-0.25, -0.2) is 9.97 Å². The highest BCUT2D eigenvalue weighted by molar-refractivity contribution is 5.94. The van der Waals surface area contributed by atoms with E-state index in [9.17, 15) is 4.79 Å². The topological polar surface area (TPSA) is 70.2 Å². The van der Waals surface area contributed by atoms with E-state index in [1.54, 1.807) is 6.20 Å². The molecule has 1 aromatic heterocycles. The number of benzene rings is 2. The molecule has 2 aromatic carbocycles. The van der Waals surface area contributed by atoms with Gasteiger partial charge in [0.15, 0.2) is 5.82 Å². The minimum absolute atomic E-state index is 0.0304. The van der Waals surface area contributed by atoms with E-state index in [1.807, 2.05) is 60.7 Å². The van der Waals surface area contributed by atoms with Crippen molar-refractivity contribution in [1.29, 1.82) is 0 Å². The summed E-state index contributed by atoms with van der Waals surface area (Å²) in [5.41, 5.74) is 2.51. The second kappa shape index (κ2) is 10.9. The first-order valence-electron chi connectivity index (χ1n) is 11.4. The lowest BCUT2D eigenvalue weighted by atomic mass is 9.99. The molecule has 0 aliphatic carbocycles. The van der Waals surface area contributed by atoms with Gasteiger partial charge in [-0.1, -0.05) is 37.3 Å². The van der Waals surface area contributed by atoms with Gasteiger partial charge in [0.25, 0.3) is 5.91 Å². The maximum Gasteiger partial charge on any atom is 0.251 e. The van der Waals surface area contributed by atoms with Crippen molar-refractivity contribution in [3.8, 4) is 11.4 Å². The average Bonchev–Trinajstić information content (AvgIpc) is 2.84. The molecule has 1 amide bonds. The molecule has 0 unspecified atom stereocenters. The summed E-state index contributed by atoms with van der Waals surface area (Å²) in [6.45, 7) is 6.45. The zero-order chi connectivity index (χ0) is 22.2. The van der Waals surface area contributed by atoms with Gasteiger partial charge in [-0.05, 0) is 75.1 Å². The van der Waals surface area contributed by atoms with Crippen LogP contribution in [0.4, 0.5) is 11.5 Å². The fourth-order valence-electron chi connectivity index (χ4n) is 3.90. The van der Waals surface area contributed by atoms with E-state index in [4.69, 9.17) is 0 Å². The van der Waals surface area contributed by atoms with Crippen LogP contribution in [-0.4, -0.2) is 47.0 Å². The lowest BCUT2D eigenvalue weighted by Gasteiger charge is -2.30. The van der Waals surface area contributed by atoms with Crippen LogP contribution in [0.15, 0.2) is 66.9 Å². The molecule has 0 spiro atoms. The quantitative estimate of drug-likeness (QED) is 0.506. The van der Waals surface area contributed by atoms with Gasteiger partial charge in [-0.3, -0.25) is 4.79 Å². The number of amides is 1. The third-order valence-corrected chi connectivity index (χ3v) is 5.92. The number of likely N-dealkylation sites (tertiary alicyclic amines) is 1. The van der Waals surface area contributed by atoms with E-state index in [1.165, 1.54) is 25.9 Å². The van der Waals surface area contributed by atoms with Gasteiger partial charge in [-0.15, -0.1) is 0 Å². The highest BCUT2D eigenvalue weighted by Gasteiger charge is 2.15. The van der Waals surface area contributed by atoms with Gasteiger partial charge >= 0.3 is 0 Å². The zero-order valence-electron chi connectivity index (χ0n) is 18.6. The number of nitrogens with zero attached hydrogens (tertiary/aromatic N) is 3. The lowest BCUT2D eigenvalue weighted by Crippen LogP contribution is -2.35. The zero-order valence-corrected chi connectivity index (χ0v) is 18.6. The van der Waals surface area contributed by atoms with Crippen LogP contribution >= 0.6 is 0 Å². The molecular weight excluding hydrogens is 398 g/mol. The van der Waals surface area contributed by atoms with E-state index in [-0.39, 0.29) is 5.91 Å². The number of anilines is 2. The Morgan fingerprint density at radius 3 is 2.53 bits per heavy atom. The van der Waals surface area contributed by atoms with E-state index < -0.39 is 0 Å². The first-order chi connectivity index (χ1) is 15.7. The summed E-state index contributed by atoms with van der Waals surface area (Å²) >= 11 is 0. The third kappa shape index (κ3) is 6.14. The minimum atomic E-state index is -0.0304. The van der Waals surface area contributed by atoms with E-state index in [0.29, 0.717) is 23.8 Å². The van der Waals surface area contributed by atoms with Crippen molar-refractivity contribution in [2.24, 2.45) is 5.92 Å². The Bertz CT molecular complexity index is 998. The van der Waals surface area contributed by atoms with E-state index >= 15 is 0 Å². The third-order valence-electron chi connectivity index (χ3n) is 5.92. The monoisotopic (exact) mass is 429 g/mol. The van der Waals surface area contributed by atoms with Gasteiger partial charge in [0.2, 0.25) is 0 Å². The molecule has 0 atom stereocenters. The molecule has 0 bridgehead atoms. The van der Waals surface area contributed by atoms with Gasteiger partial charge in [0.05, 0.1) is 0 Å². The van der Waals surface area contributed by atoms with Gasteiger partial charge in [-0.2, -0.15) is 0 Å². The maximum absolute atomic E-state index is 12.4. The molecule has 1 aliphatic rings. The van der Waals surface area contributed by atoms with Gasteiger partial charge in [0, 0.05) is 29.6 Å². The molecule has 0 saturated carbocycles. The number of carbonyl (C=O) groups is 1. The fourth-order valence-corrected chi connectivity index (χ4v) is 3.90. The van der Waals surface area contributed by atoms with E-state index in [0.717, 1.165) is 30.1 Å². The van der Waals surface area contributed by atoms with Crippen LogP contribution in [0, 0.1) is 5.92 Å². The fraction of sp³-hybridized carbons (Fsp3) is 0.346. The van der Waals surface area contributed by atoms with E-state index in [2.05, 4.69) is 32.4 Å². The molecule has 1 saturated heterocycles. The van der Waals surface area contributed by atoms with Crippen molar-refractivity contribution >= 4 is 17.4 Å². The Morgan fingerprint density at radius 2 is 1.78 bits per heavy atom. The van der Waals surface area contributed by atoms with Crippen molar-refractivity contribution in [3.05, 3.63) is 72.4 Å². The van der Waals surface area contributed by atoms with Gasteiger partial charge < -0.3 is 15.5 Å². The van der Waals surface area contributed by atoms with Crippen LogP contribution < -0.4 is 10.6 Å². The van der Waals surface area contributed by atoms with Crippen LogP contribution in [0.3, 0.4) is 0 Å². The smallest absolute Gasteiger partial charge is 0.251 e. The Hall–Kier alpha value is -3.25. The molecule has 1 fully saturated rings. The molecule has 6 nitrogen and oxygen atoms in total. The van der Waals surface area contributed by atoms with Crippen molar-refractivity contribution < 1.29 is 4.79 Å². The largest absolute Gasteiger partial charge is 0.352 e. The number of piperidine rings is 1. The average molecular weight is 430 g/mol. The molecule has 32 heavy (non-hydrogen) atoms. The number of hydrogen-bond acceptors (Lipinski definition) is 5. The van der Waals surface area contributed by atoms with Crippen LogP contribution in [-0.2, 0) is 0 Å². The summed E-state index contributed by atoms with van der Waals surface area (Å²) < 4.78 is 0. The molecule has 4 rings (SSSR count). The van der Waals surface area contributed by atoms with Gasteiger partial charge in [0.1, 0.15) is 5.82 Å². The SMILES string of the molecule is CC1CCN(CCCNC(=O)c2ccc(Nc3ccnc(-c4ccccc4)n3)cc2)CC1. The van der Waals surface area contributed by atoms with Crippen molar-refractivity contribution in [2.75, 3.05) is 31.5 Å². The minimum Gasteiger partial charge on any atom is -0.352 e. The molecule has 6 heteroatoms. The Balaban J connectivity index is 1.25. The summed E-state index contributed by atoms with van der Waals surface area (Å²) in [4.78, 5) is 23.9. The number of carbonyl (C=O) groups excluding carboxylic acids is 1. The molecule has 3 aromatic rings. The van der Waals surface area contributed by atoms with Crippen LogP contribution in [0.2, 0.25) is 0 Å². The number of rotatable bonds is 8. The first-order valence-corrected chi connectivity index (χ1v) is 11.4. The predicted octanol–water partition coefficient (Wildman–Crippen LogP) is 4.74. The molecule has 1 aliphatic heterocycles. The summed E-state index contributed by atoms with van der Waals surface area (Å²) in [6.07, 6.45) is 5.30. The molecular formula is C26H31N5O. The standard InChI is InChI=1S/C26H31N5O/c1-20-13-18-31(19-14-20)17-5-15-28-26(32)22-8-10-23(11-9-22)29-24-12-16-27-25(30-24)21-6-3-2-4-7-21/h2-4,6-12,16,20H,5,13-15,17-19H2,1H3,(H,28,32)(H,27,29,30). The Kier molecular flexibility index (Phi) is 7.46. The predicted molar refractivity (Wildman–Crippen MR) is 129 cm³/mol. The summed E-state index contributed by atoms with van der Waals surface area (Å²) in [5, 5.41) is 6.32. The van der Waals surface area contributed by atoms with Crippen molar-refractivity contribution in [1.82, 2.24) is 20.2 Å². The summed E-state index contributed by atoms with van der Waals surface area (Å²) in [5.74, 6) is 2.20. The number of aromatic nitrogens is 2. The Labute approximate surface area is 190 Å². The number of nitrogens with one attached hydrogen (secondary N) is 2. The second-order valence-electron chi connectivity index (χ2n) is 8.47. The summed E-state index contributed by atoms with van der Waals surface area (Å²) in [6, 6.07) is 19.2. The molecule has 2 N–H and O–H groups in total. The van der Waals surface area contributed by atoms with Crippen molar-refractivity contribution in [3.63, 3.8) is 0 Å².